The molecule has 0 aliphatic heterocycles. The molecule has 0 aromatic carbocycles. The Labute approximate surface area is 126 Å². The van der Waals surface area contributed by atoms with Gasteiger partial charge in [-0.15, -0.1) is 11.8 Å². The highest BCUT2D eigenvalue weighted by atomic mass is 16.5. The van der Waals surface area contributed by atoms with E-state index in [-0.39, 0.29) is 0 Å². The normalized spacial score (nSPS) is 10.3. The number of unbranched alkanes of at least 4 members (excludes halogenated alkanes) is 6. The first-order valence-electron chi connectivity index (χ1n) is 8.53. The molecule has 0 rings (SSSR count). The van der Waals surface area contributed by atoms with Crippen LogP contribution < -0.4 is 0 Å². The van der Waals surface area contributed by atoms with Gasteiger partial charge in [-0.25, -0.2) is 0 Å². The first kappa shape index (κ1) is 19.5. The summed E-state index contributed by atoms with van der Waals surface area (Å²) in [4.78, 5) is 0. The van der Waals surface area contributed by atoms with Gasteiger partial charge >= 0.3 is 0 Å². The molecule has 0 aromatic rings. The standard InChI is InChI=1S/C18H34O2/c1-3-5-7-8-9-10-12-16-20-18-14-11-13-17-19-15-6-4-2/h3-4,6,8-18H2,1-2H3. The first-order valence-corrected chi connectivity index (χ1v) is 8.53. The zero-order valence-corrected chi connectivity index (χ0v) is 13.7. The Morgan fingerprint density at radius 2 is 1.15 bits per heavy atom. The van der Waals surface area contributed by atoms with Crippen LogP contribution in [0.2, 0.25) is 0 Å². The summed E-state index contributed by atoms with van der Waals surface area (Å²) in [6.07, 6.45) is 11.6. The second-order valence-corrected chi connectivity index (χ2v) is 5.16. The number of hydrogen-bond donors (Lipinski definition) is 0. The quantitative estimate of drug-likeness (QED) is 0.331. The Kier molecular flexibility index (Phi) is 18.0. The Balaban J connectivity index is 2.96. The van der Waals surface area contributed by atoms with Crippen molar-refractivity contribution in [3.63, 3.8) is 0 Å². The van der Waals surface area contributed by atoms with E-state index in [1.807, 2.05) is 0 Å². The fourth-order valence-electron chi connectivity index (χ4n) is 1.84. The van der Waals surface area contributed by atoms with Crippen molar-refractivity contribution < 1.29 is 9.47 Å². The molecule has 0 aliphatic carbocycles. The number of ether oxygens (including phenoxy) is 2. The van der Waals surface area contributed by atoms with Crippen molar-refractivity contribution >= 4 is 0 Å². The molecule has 20 heavy (non-hydrogen) atoms. The van der Waals surface area contributed by atoms with Crippen molar-refractivity contribution in [3.05, 3.63) is 0 Å². The summed E-state index contributed by atoms with van der Waals surface area (Å²) in [5, 5.41) is 0. The molecule has 0 N–H and O–H groups in total. The van der Waals surface area contributed by atoms with Crippen molar-refractivity contribution in [3.8, 4) is 11.8 Å². The highest BCUT2D eigenvalue weighted by molar-refractivity contribution is 4.97. The molecule has 0 fully saturated rings. The molecule has 0 amide bonds. The van der Waals surface area contributed by atoms with Crippen LogP contribution in [0.25, 0.3) is 0 Å². The fraction of sp³-hybridized carbons (Fsp3) is 0.889. The van der Waals surface area contributed by atoms with Crippen LogP contribution >= 0.6 is 0 Å². The van der Waals surface area contributed by atoms with E-state index in [1.165, 1.54) is 51.4 Å². The van der Waals surface area contributed by atoms with Crippen LogP contribution in [0.4, 0.5) is 0 Å². The van der Waals surface area contributed by atoms with E-state index < -0.39 is 0 Å². The maximum absolute atomic E-state index is 5.63. The Morgan fingerprint density at radius 3 is 1.70 bits per heavy atom. The average Bonchev–Trinajstić information content (AvgIpc) is 2.47. The zero-order valence-electron chi connectivity index (χ0n) is 13.7. The Hall–Kier alpha value is -0.520. The van der Waals surface area contributed by atoms with Crippen molar-refractivity contribution in [2.24, 2.45) is 0 Å². The van der Waals surface area contributed by atoms with Gasteiger partial charge in [0.2, 0.25) is 0 Å². The summed E-state index contributed by atoms with van der Waals surface area (Å²) >= 11 is 0. The minimum absolute atomic E-state index is 0.907. The fourth-order valence-corrected chi connectivity index (χ4v) is 1.84. The molecule has 0 aliphatic rings. The lowest BCUT2D eigenvalue weighted by Crippen LogP contribution is -1.99. The highest BCUT2D eigenvalue weighted by Gasteiger charge is 1.93. The maximum Gasteiger partial charge on any atom is 0.0466 e. The van der Waals surface area contributed by atoms with Gasteiger partial charge < -0.3 is 9.47 Å². The summed E-state index contributed by atoms with van der Waals surface area (Å²) in [7, 11) is 0. The van der Waals surface area contributed by atoms with Crippen LogP contribution in [0.15, 0.2) is 0 Å². The smallest absolute Gasteiger partial charge is 0.0466 e. The third-order valence-corrected chi connectivity index (χ3v) is 3.11. The molecule has 118 valence electrons. The van der Waals surface area contributed by atoms with Crippen LogP contribution in [0, 0.1) is 11.8 Å². The maximum atomic E-state index is 5.63. The Morgan fingerprint density at radius 1 is 0.600 bits per heavy atom. The Bertz CT molecular complexity index is 227. The number of hydrogen-bond acceptors (Lipinski definition) is 2. The second kappa shape index (κ2) is 18.5. The highest BCUT2D eigenvalue weighted by Crippen LogP contribution is 2.01. The average molecular weight is 282 g/mol. The van der Waals surface area contributed by atoms with Gasteiger partial charge in [-0.1, -0.05) is 26.7 Å². The van der Waals surface area contributed by atoms with E-state index in [1.54, 1.807) is 0 Å². The summed E-state index contributed by atoms with van der Waals surface area (Å²) in [5.41, 5.74) is 0. The third-order valence-electron chi connectivity index (χ3n) is 3.11. The van der Waals surface area contributed by atoms with Gasteiger partial charge in [0, 0.05) is 39.3 Å². The molecular weight excluding hydrogens is 248 g/mol. The van der Waals surface area contributed by atoms with Crippen molar-refractivity contribution in [2.45, 2.75) is 78.1 Å². The monoisotopic (exact) mass is 282 g/mol. The molecule has 0 saturated heterocycles. The summed E-state index contributed by atoms with van der Waals surface area (Å²) in [5.74, 6) is 6.28. The molecule has 0 heterocycles. The van der Waals surface area contributed by atoms with E-state index >= 15 is 0 Å². The van der Waals surface area contributed by atoms with Crippen molar-refractivity contribution in [2.75, 3.05) is 26.4 Å². The predicted molar refractivity (Wildman–Crippen MR) is 86.9 cm³/mol. The number of rotatable bonds is 14. The van der Waals surface area contributed by atoms with Gasteiger partial charge in [0.25, 0.3) is 0 Å². The molecule has 2 heteroatoms. The lowest BCUT2D eigenvalue weighted by atomic mass is 10.2. The van der Waals surface area contributed by atoms with Crippen molar-refractivity contribution in [1.29, 1.82) is 0 Å². The lowest BCUT2D eigenvalue weighted by molar-refractivity contribution is 0.111. The van der Waals surface area contributed by atoms with E-state index in [0.717, 1.165) is 39.3 Å². The molecule has 0 spiro atoms. The zero-order chi connectivity index (χ0) is 14.7. The molecule has 0 aromatic heterocycles. The molecular formula is C18H34O2. The second-order valence-electron chi connectivity index (χ2n) is 5.16. The first-order chi connectivity index (χ1) is 9.91. The van der Waals surface area contributed by atoms with Crippen LogP contribution in [0.1, 0.15) is 78.1 Å². The van der Waals surface area contributed by atoms with E-state index in [4.69, 9.17) is 9.47 Å². The molecule has 2 nitrogen and oxygen atoms in total. The van der Waals surface area contributed by atoms with Gasteiger partial charge in [0.1, 0.15) is 0 Å². The SMILES string of the molecule is CCC#CCCCCCOCCCCCOCCCC. The van der Waals surface area contributed by atoms with E-state index in [9.17, 15) is 0 Å². The van der Waals surface area contributed by atoms with Crippen LogP contribution in [0.5, 0.6) is 0 Å². The predicted octanol–water partition coefficient (Wildman–Crippen LogP) is 4.96. The third kappa shape index (κ3) is 17.5. The van der Waals surface area contributed by atoms with Crippen LogP contribution in [0.3, 0.4) is 0 Å². The van der Waals surface area contributed by atoms with Crippen molar-refractivity contribution in [1.82, 2.24) is 0 Å². The van der Waals surface area contributed by atoms with Gasteiger partial charge in [0.15, 0.2) is 0 Å². The van der Waals surface area contributed by atoms with Gasteiger partial charge in [-0.3, -0.25) is 0 Å². The summed E-state index contributed by atoms with van der Waals surface area (Å²) in [6, 6.07) is 0. The molecule has 0 bridgehead atoms. The molecule has 0 unspecified atom stereocenters. The van der Waals surface area contributed by atoms with Crippen LogP contribution in [-0.2, 0) is 9.47 Å². The van der Waals surface area contributed by atoms with Gasteiger partial charge in [-0.2, -0.15) is 0 Å². The minimum Gasteiger partial charge on any atom is -0.381 e. The van der Waals surface area contributed by atoms with Crippen LogP contribution in [-0.4, -0.2) is 26.4 Å². The molecule has 0 atom stereocenters. The van der Waals surface area contributed by atoms with E-state index in [0.29, 0.717) is 0 Å². The molecule has 0 radical (unpaired) electrons. The topological polar surface area (TPSA) is 18.5 Å². The van der Waals surface area contributed by atoms with E-state index in [2.05, 4.69) is 25.7 Å². The van der Waals surface area contributed by atoms with Gasteiger partial charge in [-0.05, 0) is 38.5 Å². The lowest BCUT2D eigenvalue weighted by Gasteiger charge is -2.05. The minimum atomic E-state index is 0.907. The summed E-state index contributed by atoms with van der Waals surface area (Å²) in [6.45, 7) is 7.95. The summed E-state index contributed by atoms with van der Waals surface area (Å²) < 4.78 is 11.2. The van der Waals surface area contributed by atoms with Gasteiger partial charge in [0.05, 0.1) is 0 Å². The molecule has 0 saturated carbocycles. The largest absolute Gasteiger partial charge is 0.381 e.